The molecule has 2 aromatic rings. The van der Waals surface area contributed by atoms with E-state index in [-0.39, 0.29) is 0 Å². The first-order valence-electron chi connectivity index (χ1n) is 8.37. The molecule has 1 aromatic carbocycles. The Kier molecular flexibility index (Phi) is 4.73. The Hall–Kier alpha value is -2.12. The number of nitrogens with zero attached hydrogens (tertiary/aromatic N) is 3. The second-order valence-corrected chi connectivity index (χ2v) is 7.36. The van der Waals surface area contributed by atoms with E-state index in [1.165, 1.54) is 6.42 Å². The van der Waals surface area contributed by atoms with Crippen LogP contribution in [0.5, 0.6) is 0 Å². The first-order valence-corrected chi connectivity index (χ1v) is 8.74. The Bertz CT molecular complexity index is 764. The summed E-state index contributed by atoms with van der Waals surface area (Å²) < 4.78 is 2.00. The molecule has 1 saturated heterocycles. The monoisotopic (exact) mass is 342 g/mol. The van der Waals surface area contributed by atoms with E-state index in [1.807, 2.05) is 28.8 Å². The molecule has 0 saturated carbocycles. The molecule has 1 aromatic heterocycles. The third-order valence-electron chi connectivity index (χ3n) is 4.67. The van der Waals surface area contributed by atoms with E-state index in [2.05, 4.69) is 24.8 Å². The fraction of sp³-hybridized carbons (Fsp3) is 0.421. The maximum absolute atomic E-state index is 9.53. The van der Waals surface area contributed by atoms with E-state index >= 15 is 0 Å². The van der Waals surface area contributed by atoms with Gasteiger partial charge in [-0.05, 0) is 36.0 Å². The Balaban J connectivity index is 2.02. The average Bonchev–Trinajstić information content (AvgIpc) is 2.84. The van der Waals surface area contributed by atoms with Crippen LogP contribution in [0.15, 0.2) is 30.3 Å². The van der Waals surface area contributed by atoms with Gasteiger partial charge in [0.2, 0.25) is 0 Å². The summed E-state index contributed by atoms with van der Waals surface area (Å²) in [6, 6.07) is 11.8. The van der Waals surface area contributed by atoms with Crippen LogP contribution in [0.2, 0.25) is 5.02 Å². The summed E-state index contributed by atoms with van der Waals surface area (Å²) in [7, 11) is 0. The van der Waals surface area contributed by atoms with E-state index < -0.39 is 0 Å². The predicted octanol–water partition coefficient (Wildman–Crippen LogP) is 4.13. The lowest BCUT2D eigenvalue weighted by molar-refractivity contribution is 0.353. The predicted molar refractivity (Wildman–Crippen MR) is 99.3 cm³/mol. The molecule has 126 valence electrons. The molecule has 2 heterocycles. The molecule has 2 N–H and O–H groups in total. The molecule has 1 aliphatic heterocycles. The van der Waals surface area contributed by atoms with Gasteiger partial charge in [0.05, 0.1) is 12.2 Å². The van der Waals surface area contributed by atoms with Gasteiger partial charge >= 0.3 is 0 Å². The summed E-state index contributed by atoms with van der Waals surface area (Å²) >= 11 is 6.32. The minimum absolute atomic E-state index is 0.550. The molecule has 1 aliphatic rings. The number of halogens is 1. The second-order valence-electron chi connectivity index (χ2n) is 6.95. The van der Waals surface area contributed by atoms with Gasteiger partial charge in [-0.15, -0.1) is 0 Å². The fourth-order valence-corrected chi connectivity index (χ4v) is 3.99. The van der Waals surface area contributed by atoms with Crippen LogP contribution in [0, 0.1) is 23.2 Å². The lowest BCUT2D eigenvalue weighted by Crippen LogP contribution is -2.40. The molecule has 3 rings (SSSR count). The first-order chi connectivity index (χ1) is 11.5. The molecule has 0 unspecified atom stereocenters. The Morgan fingerprint density at radius 3 is 2.54 bits per heavy atom. The largest absolute Gasteiger partial charge is 0.396 e. The third kappa shape index (κ3) is 3.22. The Morgan fingerprint density at radius 1 is 1.25 bits per heavy atom. The summed E-state index contributed by atoms with van der Waals surface area (Å²) in [6.45, 7) is 7.02. The van der Waals surface area contributed by atoms with Gasteiger partial charge in [0.15, 0.2) is 0 Å². The van der Waals surface area contributed by atoms with Crippen molar-refractivity contribution in [2.45, 2.75) is 26.8 Å². The highest BCUT2D eigenvalue weighted by Crippen LogP contribution is 2.34. The van der Waals surface area contributed by atoms with E-state index in [0.717, 1.165) is 24.5 Å². The highest BCUT2D eigenvalue weighted by Gasteiger charge is 2.27. The second kappa shape index (κ2) is 6.78. The van der Waals surface area contributed by atoms with E-state index in [0.29, 0.717) is 34.8 Å². The van der Waals surface area contributed by atoms with Crippen molar-refractivity contribution in [3.05, 3.63) is 46.6 Å². The topological polar surface area (TPSA) is 58.0 Å². The van der Waals surface area contributed by atoms with Crippen molar-refractivity contribution >= 4 is 23.1 Å². The number of rotatable bonds is 3. The van der Waals surface area contributed by atoms with Gasteiger partial charge < -0.3 is 15.2 Å². The number of piperidine rings is 1. The molecule has 2 atom stereocenters. The van der Waals surface area contributed by atoms with Crippen molar-refractivity contribution in [3.8, 4) is 6.07 Å². The van der Waals surface area contributed by atoms with Crippen molar-refractivity contribution in [2.24, 2.45) is 11.8 Å². The van der Waals surface area contributed by atoms with Crippen LogP contribution in [0.1, 0.15) is 31.5 Å². The average molecular weight is 343 g/mol. The van der Waals surface area contributed by atoms with Crippen LogP contribution in [-0.4, -0.2) is 17.7 Å². The normalized spacial score (nSPS) is 20.8. The number of hydrogen-bond acceptors (Lipinski definition) is 3. The zero-order valence-electron chi connectivity index (χ0n) is 14.2. The quantitative estimate of drug-likeness (QED) is 0.912. The van der Waals surface area contributed by atoms with Gasteiger partial charge in [-0.1, -0.05) is 43.6 Å². The standard InChI is InChI=1S/C19H23ClN4/c1-13-7-14(2)11-23(10-13)19-18(22)8-16(9-21)24(19)12-15-5-3-4-6-17(15)20/h3-6,8,13-14H,7,10-12,22H2,1-2H3/t13-,14-/m1/s1. The molecule has 0 amide bonds. The maximum Gasteiger partial charge on any atom is 0.133 e. The highest BCUT2D eigenvalue weighted by atomic mass is 35.5. The fourth-order valence-electron chi connectivity index (χ4n) is 3.80. The molecule has 0 spiro atoms. The molecule has 0 radical (unpaired) electrons. The van der Waals surface area contributed by atoms with Crippen LogP contribution in [0.25, 0.3) is 0 Å². The van der Waals surface area contributed by atoms with Gasteiger partial charge in [0.1, 0.15) is 17.6 Å². The van der Waals surface area contributed by atoms with E-state index in [4.69, 9.17) is 17.3 Å². The van der Waals surface area contributed by atoms with Crippen LogP contribution in [0.3, 0.4) is 0 Å². The van der Waals surface area contributed by atoms with Crippen molar-refractivity contribution in [3.63, 3.8) is 0 Å². The summed E-state index contributed by atoms with van der Waals surface area (Å²) in [6.07, 6.45) is 1.23. The number of nitrogens with two attached hydrogens (primary N) is 1. The number of anilines is 2. The number of benzene rings is 1. The molecule has 4 nitrogen and oxygen atoms in total. The molecule has 0 bridgehead atoms. The molecule has 5 heteroatoms. The Labute approximate surface area is 148 Å². The van der Waals surface area contributed by atoms with E-state index in [9.17, 15) is 5.26 Å². The van der Waals surface area contributed by atoms with Gasteiger partial charge in [-0.25, -0.2) is 0 Å². The lowest BCUT2D eigenvalue weighted by Gasteiger charge is -2.37. The number of nitriles is 1. The number of hydrogen-bond donors (Lipinski definition) is 1. The summed E-state index contributed by atoms with van der Waals surface area (Å²) in [5.41, 5.74) is 8.52. The van der Waals surface area contributed by atoms with Crippen LogP contribution in [-0.2, 0) is 6.54 Å². The van der Waals surface area contributed by atoms with Gasteiger partial charge in [0, 0.05) is 18.1 Å². The van der Waals surface area contributed by atoms with Gasteiger partial charge in [0.25, 0.3) is 0 Å². The SMILES string of the molecule is C[C@@H]1C[C@@H](C)CN(c2c(N)cc(C#N)n2Cc2ccccc2Cl)C1. The minimum Gasteiger partial charge on any atom is -0.396 e. The third-order valence-corrected chi connectivity index (χ3v) is 5.03. The van der Waals surface area contributed by atoms with Crippen molar-refractivity contribution in [2.75, 3.05) is 23.7 Å². The summed E-state index contributed by atoms with van der Waals surface area (Å²) in [4.78, 5) is 2.33. The first kappa shape index (κ1) is 16.7. The molecule has 1 fully saturated rings. The minimum atomic E-state index is 0.550. The summed E-state index contributed by atoms with van der Waals surface area (Å²) in [5, 5.41) is 10.2. The van der Waals surface area contributed by atoms with Crippen molar-refractivity contribution in [1.29, 1.82) is 5.26 Å². The molecular weight excluding hydrogens is 320 g/mol. The lowest BCUT2D eigenvalue weighted by atomic mass is 9.92. The molecule has 0 aliphatic carbocycles. The van der Waals surface area contributed by atoms with Crippen LogP contribution in [0.4, 0.5) is 11.5 Å². The Morgan fingerprint density at radius 2 is 1.92 bits per heavy atom. The maximum atomic E-state index is 9.53. The van der Waals surface area contributed by atoms with Gasteiger partial charge in [-0.2, -0.15) is 5.26 Å². The van der Waals surface area contributed by atoms with Gasteiger partial charge in [-0.3, -0.25) is 0 Å². The van der Waals surface area contributed by atoms with Crippen molar-refractivity contribution < 1.29 is 0 Å². The number of aromatic nitrogens is 1. The zero-order chi connectivity index (χ0) is 17.3. The molecular formula is C19H23ClN4. The molecule has 24 heavy (non-hydrogen) atoms. The smallest absolute Gasteiger partial charge is 0.133 e. The van der Waals surface area contributed by atoms with Crippen LogP contribution >= 0.6 is 11.6 Å². The summed E-state index contributed by atoms with van der Waals surface area (Å²) in [5.74, 6) is 2.18. The zero-order valence-corrected chi connectivity index (χ0v) is 14.9. The van der Waals surface area contributed by atoms with E-state index in [1.54, 1.807) is 6.07 Å². The van der Waals surface area contributed by atoms with Crippen LogP contribution < -0.4 is 10.6 Å². The highest BCUT2D eigenvalue weighted by molar-refractivity contribution is 6.31. The number of nitrogen functional groups attached to an aromatic ring is 1. The van der Waals surface area contributed by atoms with Crippen molar-refractivity contribution in [1.82, 2.24) is 4.57 Å².